The molecule has 0 aliphatic carbocycles. The first-order valence-corrected chi connectivity index (χ1v) is 14.6. The highest BCUT2D eigenvalue weighted by atomic mass is 16.7. The lowest BCUT2D eigenvalue weighted by Crippen LogP contribution is -2.22. The van der Waals surface area contributed by atoms with Crippen molar-refractivity contribution in [1.82, 2.24) is 0 Å². The molecule has 218 valence electrons. The molecule has 3 aromatic rings. The first kappa shape index (κ1) is 30.3. The van der Waals surface area contributed by atoms with Gasteiger partial charge in [-0.3, -0.25) is 4.79 Å². The fraction of sp³-hybridized carbons (Fsp3) is 0.412. The third-order valence-electron chi connectivity index (χ3n) is 6.85. The lowest BCUT2D eigenvalue weighted by Gasteiger charge is -2.22. The van der Waals surface area contributed by atoms with Gasteiger partial charge >= 0.3 is 11.9 Å². The summed E-state index contributed by atoms with van der Waals surface area (Å²) >= 11 is 0. The number of rotatable bonds is 15. The van der Waals surface area contributed by atoms with Crippen LogP contribution >= 0.6 is 0 Å². The SMILES string of the molecule is CC(=O)Oc1ccc(-c2ccc(OC(=O)c3ccc(OCCCCCCCCOC4CCCCO4)cc3)cc2)cc1. The van der Waals surface area contributed by atoms with E-state index in [1.807, 2.05) is 24.3 Å². The van der Waals surface area contributed by atoms with E-state index in [4.69, 9.17) is 23.7 Å². The van der Waals surface area contributed by atoms with Crippen LogP contribution in [0.2, 0.25) is 0 Å². The van der Waals surface area contributed by atoms with Crippen LogP contribution in [0.25, 0.3) is 11.1 Å². The minimum absolute atomic E-state index is 0.0195. The molecule has 0 aromatic heterocycles. The number of carbonyl (C=O) groups is 2. The van der Waals surface area contributed by atoms with E-state index >= 15 is 0 Å². The minimum Gasteiger partial charge on any atom is -0.494 e. The Morgan fingerprint density at radius 1 is 0.683 bits per heavy atom. The van der Waals surface area contributed by atoms with Gasteiger partial charge in [-0.15, -0.1) is 0 Å². The summed E-state index contributed by atoms with van der Waals surface area (Å²) in [7, 11) is 0. The number of hydrogen-bond donors (Lipinski definition) is 0. The van der Waals surface area contributed by atoms with Gasteiger partial charge in [-0.2, -0.15) is 0 Å². The number of benzene rings is 3. The maximum Gasteiger partial charge on any atom is 0.343 e. The summed E-state index contributed by atoms with van der Waals surface area (Å²) < 4.78 is 27.8. The number of esters is 2. The van der Waals surface area contributed by atoms with Crippen LogP contribution in [0.1, 0.15) is 75.1 Å². The van der Waals surface area contributed by atoms with Crippen molar-refractivity contribution in [2.24, 2.45) is 0 Å². The molecule has 0 bridgehead atoms. The van der Waals surface area contributed by atoms with Crippen LogP contribution in [0.3, 0.4) is 0 Å². The molecular formula is C34H40O7. The molecule has 1 saturated heterocycles. The highest BCUT2D eigenvalue weighted by Gasteiger charge is 2.13. The average Bonchev–Trinajstić information content (AvgIpc) is 2.99. The molecule has 0 saturated carbocycles. The Balaban J connectivity index is 1.09. The molecular weight excluding hydrogens is 520 g/mol. The lowest BCUT2D eigenvalue weighted by atomic mass is 10.1. The largest absolute Gasteiger partial charge is 0.494 e. The van der Waals surface area contributed by atoms with Crippen LogP contribution in [-0.4, -0.2) is 38.0 Å². The van der Waals surface area contributed by atoms with Gasteiger partial charge < -0.3 is 23.7 Å². The summed E-state index contributed by atoms with van der Waals surface area (Å²) in [6.07, 6.45) is 10.2. The third kappa shape index (κ3) is 10.7. The van der Waals surface area contributed by atoms with E-state index in [1.54, 1.807) is 48.5 Å². The molecule has 41 heavy (non-hydrogen) atoms. The highest BCUT2D eigenvalue weighted by Crippen LogP contribution is 2.25. The van der Waals surface area contributed by atoms with E-state index in [-0.39, 0.29) is 12.3 Å². The molecule has 1 heterocycles. The Hall–Kier alpha value is -3.68. The Morgan fingerprint density at radius 2 is 1.24 bits per heavy atom. The summed E-state index contributed by atoms with van der Waals surface area (Å²) in [5.74, 6) is 0.920. The van der Waals surface area contributed by atoms with Crippen LogP contribution in [0, 0.1) is 0 Å². The highest BCUT2D eigenvalue weighted by molar-refractivity contribution is 5.91. The lowest BCUT2D eigenvalue weighted by molar-refractivity contribution is -0.162. The van der Waals surface area contributed by atoms with Gasteiger partial charge in [0.05, 0.1) is 12.2 Å². The van der Waals surface area contributed by atoms with Crippen LogP contribution in [0.5, 0.6) is 17.2 Å². The maximum atomic E-state index is 12.6. The standard InChI is InChI=1S/C34H40O7/c1-26(35)40-31-19-11-27(12-20-31)28-13-21-32(22-14-28)41-34(36)29-15-17-30(18-16-29)37-23-7-4-2-3-5-8-24-38-33-10-6-9-25-39-33/h11-22,33H,2-10,23-25H2,1H3. The average molecular weight is 561 g/mol. The first-order chi connectivity index (χ1) is 20.1. The van der Waals surface area contributed by atoms with E-state index in [1.165, 1.54) is 32.6 Å². The van der Waals surface area contributed by atoms with Crippen molar-refractivity contribution in [3.05, 3.63) is 78.4 Å². The summed E-state index contributed by atoms with van der Waals surface area (Å²) in [6, 6.07) is 21.5. The zero-order chi connectivity index (χ0) is 28.7. The Kier molecular flexibility index (Phi) is 12.2. The van der Waals surface area contributed by atoms with Crippen molar-refractivity contribution in [1.29, 1.82) is 0 Å². The van der Waals surface area contributed by atoms with Gasteiger partial charge in [-0.05, 0) is 91.8 Å². The summed E-state index contributed by atoms with van der Waals surface area (Å²) in [6.45, 7) is 3.65. The molecule has 1 unspecified atom stereocenters. The van der Waals surface area contributed by atoms with Crippen molar-refractivity contribution in [3.8, 4) is 28.4 Å². The van der Waals surface area contributed by atoms with E-state index in [0.717, 1.165) is 62.2 Å². The second-order valence-corrected chi connectivity index (χ2v) is 10.2. The van der Waals surface area contributed by atoms with E-state index in [9.17, 15) is 9.59 Å². The normalized spacial score (nSPS) is 14.8. The molecule has 3 aromatic carbocycles. The van der Waals surface area contributed by atoms with Crippen LogP contribution < -0.4 is 14.2 Å². The van der Waals surface area contributed by atoms with Crippen molar-refractivity contribution < 1.29 is 33.3 Å². The van der Waals surface area contributed by atoms with Crippen molar-refractivity contribution >= 4 is 11.9 Å². The van der Waals surface area contributed by atoms with Crippen LogP contribution in [-0.2, 0) is 14.3 Å². The third-order valence-corrected chi connectivity index (χ3v) is 6.85. The summed E-state index contributed by atoms with van der Waals surface area (Å²) in [4.78, 5) is 23.7. The molecule has 1 aliphatic heterocycles. The number of unbranched alkanes of at least 4 members (excludes halogenated alkanes) is 5. The topological polar surface area (TPSA) is 80.3 Å². The van der Waals surface area contributed by atoms with Gasteiger partial charge in [0.15, 0.2) is 6.29 Å². The monoisotopic (exact) mass is 560 g/mol. The molecule has 7 heteroatoms. The molecule has 0 radical (unpaired) electrons. The van der Waals surface area contributed by atoms with Crippen LogP contribution in [0.4, 0.5) is 0 Å². The van der Waals surface area contributed by atoms with Crippen molar-refractivity contribution in [2.75, 3.05) is 19.8 Å². The van der Waals surface area contributed by atoms with Crippen LogP contribution in [0.15, 0.2) is 72.8 Å². The van der Waals surface area contributed by atoms with Gasteiger partial charge in [0.25, 0.3) is 0 Å². The zero-order valence-corrected chi connectivity index (χ0v) is 23.8. The van der Waals surface area contributed by atoms with Gasteiger partial charge in [-0.25, -0.2) is 4.79 Å². The van der Waals surface area contributed by atoms with Gasteiger partial charge in [0, 0.05) is 20.1 Å². The Labute approximate surface area is 242 Å². The molecule has 4 rings (SSSR count). The fourth-order valence-electron chi connectivity index (χ4n) is 4.61. The molecule has 1 fully saturated rings. The fourth-order valence-corrected chi connectivity index (χ4v) is 4.61. The second kappa shape index (κ2) is 16.6. The molecule has 0 amide bonds. The Morgan fingerprint density at radius 3 is 1.83 bits per heavy atom. The van der Waals surface area contributed by atoms with E-state index < -0.39 is 5.97 Å². The quantitative estimate of drug-likeness (QED) is 0.107. The van der Waals surface area contributed by atoms with Crippen molar-refractivity contribution in [2.45, 2.75) is 71.0 Å². The molecule has 0 spiro atoms. The molecule has 0 N–H and O–H groups in total. The maximum absolute atomic E-state index is 12.6. The van der Waals surface area contributed by atoms with Gasteiger partial charge in [-0.1, -0.05) is 49.9 Å². The predicted molar refractivity (Wildman–Crippen MR) is 157 cm³/mol. The first-order valence-electron chi connectivity index (χ1n) is 14.6. The summed E-state index contributed by atoms with van der Waals surface area (Å²) in [5, 5.41) is 0. The minimum atomic E-state index is -0.424. The second-order valence-electron chi connectivity index (χ2n) is 10.2. The number of ether oxygens (including phenoxy) is 5. The van der Waals surface area contributed by atoms with Crippen molar-refractivity contribution in [3.63, 3.8) is 0 Å². The molecule has 7 nitrogen and oxygen atoms in total. The molecule has 1 aliphatic rings. The summed E-state index contributed by atoms with van der Waals surface area (Å²) in [5.41, 5.74) is 2.37. The predicted octanol–water partition coefficient (Wildman–Crippen LogP) is 7.76. The smallest absolute Gasteiger partial charge is 0.343 e. The Bertz CT molecular complexity index is 1200. The number of hydrogen-bond acceptors (Lipinski definition) is 7. The van der Waals surface area contributed by atoms with Gasteiger partial charge in [0.1, 0.15) is 17.2 Å². The van der Waals surface area contributed by atoms with E-state index in [2.05, 4.69) is 0 Å². The van der Waals surface area contributed by atoms with E-state index in [0.29, 0.717) is 23.7 Å². The zero-order valence-electron chi connectivity index (χ0n) is 23.8. The van der Waals surface area contributed by atoms with Gasteiger partial charge in [0.2, 0.25) is 0 Å². The molecule has 1 atom stereocenters. The number of carbonyl (C=O) groups excluding carboxylic acids is 2.